The molecule has 21 heavy (non-hydrogen) atoms. The van der Waals surface area contributed by atoms with Crippen molar-refractivity contribution in [3.05, 3.63) is 33.0 Å². The van der Waals surface area contributed by atoms with Crippen LogP contribution in [0.3, 0.4) is 0 Å². The van der Waals surface area contributed by atoms with Gasteiger partial charge in [-0.05, 0) is 24.3 Å². The summed E-state index contributed by atoms with van der Waals surface area (Å²) in [4.78, 5) is 29.1. The largest absolute Gasteiger partial charge is 0.461 e. The van der Waals surface area contributed by atoms with Gasteiger partial charge >= 0.3 is 5.97 Å². The Morgan fingerprint density at radius 1 is 1.43 bits per heavy atom. The van der Waals surface area contributed by atoms with Crippen LogP contribution in [0.2, 0.25) is 0 Å². The van der Waals surface area contributed by atoms with Gasteiger partial charge in [-0.2, -0.15) is 0 Å². The highest BCUT2D eigenvalue weighted by Crippen LogP contribution is 2.24. The number of carbonyl (C=O) groups is 2. The molecule has 7 heteroatoms. The van der Waals surface area contributed by atoms with Crippen molar-refractivity contribution in [2.75, 3.05) is 11.9 Å². The van der Waals surface area contributed by atoms with E-state index < -0.39 is 5.97 Å². The van der Waals surface area contributed by atoms with Crippen molar-refractivity contribution in [1.82, 2.24) is 4.98 Å². The lowest BCUT2D eigenvalue weighted by molar-refractivity contribution is 0.0463. The standard InChI is InChI=1S/C14H16N2O3S2/c1-8(2)7-19-13(18)11-9(3)15-14(21-11)16-12(17)10-5-4-6-20-10/h4-6,8H,7H2,1-3H3,(H,15,16,17). The molecule has 1 N–H and O–H groups in total. The summed E-state index contributed by atoms with van der Waals surface area (Å²) in [6.45, 7) is 6.04. The predicted molar refractivity (Wildman–Crippen MR) is 84.2 cm³/mol. The Morgan fingerprint density at radius 3 is 2.81 bits per heavy atom. The Bertz CT molecular complexity index is 633. The van der Waals surface area contributed by atoms with E-state index in [0.717, 1.165) is 11.3 Å². The van der Waals surface area contributed by atoms with Gasteiger partial charge in [0.25, 0.3) is 5.91 Å². The molecule has 0 atom stereocenters. The Kier molecular flexibility index (Phi) is 5.08. The molecule has 0 spiro atoms. The molecule has 0 bridgehead atoms. The minimum absolute atomic E-state index is 0.221. The van der Waals surface area contributed by atoms with Crippen molar-refractivity contribution in [2.24, 2.45) is 5.92 Å². The Morgan fingerprint density at radius 2 is 2.19 bits per heavy atom. The minimum atomic E-state index is -0.393. The first-order chi connectivity index (χ1) is 9.97. The summed E-state index contributed by atoms with van der Waals surface area (Å²) in [5.74, 6) is -0.337. The van der Waals surface area contributed by atoms with Crippen LogP contribution >= 0.6 is 22.7 Å². The smallest absolute Gasteiger partial charge is 0.350 e. The van der Waals surface area contributed by atoms with Crippen LogP contribution in [0.1, 0.15) is 38.9 Å². The minimum Gasteiger partial charge on any atom is -0.461 e. The molecule has 0 aromatic carbocycles. The van der Waals surface area contributed by atoms with Crippen LogP contribution in [-0.2, 0) is 4.74 Å². The first-order valence-corrected chi connectivity index (χ1v) is 8.16. The second kappa shape index (κ2) is 6.82. The monoisotopic (exact) mass is 324 g/mol. The fourth-order valence-corrected chi connectivity index (χ4v) is 2.99. The van der Waals surface area contributed by atoms with Gasteiger partial charge in [0, 0.05) is 0 Å². The number of esters is 1. The molecule has 2 aromatic rings. The number of nitrogens with one attached hydrogen (secondary N) is 1. The highest BCUT2D eigenvalue weighted by molar-refractivity contribution is 7.18. The number of hydrogen-bond donors (Lipinski definition) is 1. The number of carbonyl (C=O) groups excluding carboxylic acids is 2. The van der Waals surface area contributed by atoms with Gasteiger partial charge in [0.1, 0.15) is 4.88 Å². The third-order valence-corrected chi connectivity index (χ3v) is 4.42. The third-order valence-electron chi connectivity index (χ3n) is 2.50. The van der Waals surface area contributed by atoms with E-state index in [1.807, 2.05) is 19.2 Å². The summed E-state index contributed by atoms with van der Waals surface area (Å²) in [7, 11) is 0. The second-order valence-electron chi connectivity index (χ2n) is 4.86. The van der Waals surface area contributed by atoms with Crippen molar-refractivity contribution in [3.63, 3.8) is 0 Å². The van der Waals surface area contributed by atoms with Gasteiger partial charge < -0.3 is 4.74 Å². The lowest BCUT2D eigenvalue weighted by Crippen LogP contribution is -2.09. The Balaban J connectivity index is 2.05. The van der Waals surface area contributed by atoms with Crippen molar-refractivity contribution < 1.29 is 14.3 Å². The normalized spacial score (nSPS) is 10.7. The van der Waals surface area contributed by atoms with Crippen LogP contribution in [0, 0.1) is 12.8 Å². The summed E-state index contributed by atoms with van der Waals surface area (Å²) in [5.41, 5.74) is 0.565. The van der Waals surface area contributed by atoms with E-state index in [1.165, 1.54) is 11.3 Å². The molecule has 0 aliphatic heterocycles. The van der Waals surface area contributed by atoms with Crippen molar-refractivity contribution in [3.8, 4) is 0 Å². The molecule has 0 radical (unpaired) electrons. The van der Waals surface area contributed by atoms with Gasteiger partial charge in [-0.15, -0.1) is 11.3 Å². The van der Waals surface area contributed by atoms with Crippen LogP contribution in [-0.4, -0.2) is 23.5 Å². The average Bonchev–Trinajstić information content (AvgIpc) is 3.05. The number of thiophene rings is 1. The number of anilines is 1. The van der Waals surface area contributed by atoms with Crippen LogP contribution in [0.4, 0.5) is 5.13 Å². The van der Waals surface area contributed by atoms with E-state index in [1.54, 1.807) is 19.1 Å². The molecule has 0 fully saturated rings. The molecule has 0 saturated heterocycles. The van der Waals surface area contributed by atoms with Gasteiger partial charge in [0.05, 0.1) is 17.2 Å². The zero-order valence-corrected chi connectivity index (χ0v) is 13.6. The third kappa shape index (κ3) is 4.12. The molecule has 2 aromatic heterocycles. The summed E-state index contributed by atoms with van der Waals surface area (Å²) in [6, 6.07) is 3.54. The van der Waals surface area contributed by atoms with Gasteiger partial charge in [-0.3, -0.25) is 10.1 Å². The topological polar surface area (TPSA) is 68.3 Å². The van der Waals surface area contributed by atoms with Crippen LogP contribution < -0.4 is 5.32 Å². The van der Waals surface area contributed by atoms with Gasteiger partial charge in [0.15, 0.2) is 5.13 Å². The number of aryl methyl sites for hydroxylation is 1. The average molecular weight is 324 g/mol. The molecule has 5 nitrogen and oxygen atoms in total. The Labute approximate surface area is 131 Å². The number of hydrogen-bond acceptors (Lipinski definition) is 6. The first kappa shape index (κ1) is 15.7. The molecule has 1 amide bonds. The Hall–Kier alpha value is -1.73. The number of aromatic nitrogens is 1. The maximum absolute atomic E-state index is 11.9. The van der Waals surface area contributed by atoms with E-state index >= 15 is 0 Å². The van der Waals surface area contributed by atoms with Crippen LogP contribution in [0.15, 0.2) is 17.5 Å². The highest BCUT2D eigenvalue weighted by atomic mass is 32.1. The number of amides is 1. The van der Waals surface area contributed by atoms with E-state index in [2.05, 4.69) is 10.3 Å². The molecular weight excluding hydrogens is 308 g/mol. The quantitative estimate of drug-likeness (QED) is 0.854. The lowest BCUT2D eigenvalue weighted by Gasteiger charge is -2.05. The van der Waals surface area contributed by atoms with Gasteiger partial charge in [-0.25, -0.2) is 9.78 Å². The van der Waals surface area contributed by atoms with E-state index in [-0.39, 0.29) is 11.8 Å². The zero-order chi connectivity index (χ0) is 15.4. The molecule has 0 unspecified atom stereocenters. The maximum Gasteiger partial charge on any atom is 0.350 e. The summed E-state index contributed by atoms with van der Waals surface area (Å²) in [5, 5.41) is 4.93. The molecule has 0 aliphatic rings. The van der Waals surface area contributed by atoms with E-state index in [9.17, 15) is 9.59 Å². The van der Waals surface area contributed by atoms with Crippen LogP contribution in [0.25, 0.3) is 0 Å². The lowest BCUT2D eigenvalue weighted by atomic mass is 10.2. The number of ether oxygens (including phenoxy) is 1. The number of nitrogens with zero attached hydrogens (tertiary/aromatic N) is 1. The van der Waals surface area contributed by atoms with Crippen molar-refractivity contribution in [1.29, 1.82) is 0 Å². The fourth-order valence-electron chi connectivity index (χ4n) is 1.51. The first-order valence-electron chi connectivity index (χ1n) is 6.46. The van der Waals surface area contributed by atoms with E-state index in [0.29, 0.717) is 27.2 Å². The summed E-state index contributed by atoms with van der Waals surface area (Å²) in [6.07, 6.45) is 0. The fraction of sp³-hybridized carbons (Fsp3) is 0.357. The molecule has 0 saturated carbocycles. The number of thiazole rings is 1. The second-order valence-corrected chi connectivity index (χ2v) is 6.80. The number of rotatable bonds is 5. The highest BCUT2D eigenvalue weighted by Gasteiger charge is 2.18. The molecule has 112 valence electrons. The zero-order valence-electron chi connectivity index (χ0n) is 12.0. The SMILES string of the molecule is Cc1nc(NC(=O)c2cccs2)sc1C(=O)OCC(C)C. The van der Waals surface area contributed by atoms with Crippen molar-refractivity contribution >= 4 is 39.7 Å². The predicted octanol–water partition coefficient (Wildman–Crippen LogP) is 3.58. The van der Waals surface area contributed by atoms with Gasteiger partial charge in [0.2, 0.25) is 0 Å². The van der Waals surface area contributed by atoms with E-state index in [4.69, 9.17) is 4.74 Å². The molecule has 2 rings (SSSR count). The summed E-state index contributed by atoms with van der Waals surface area (Å²) < 4.78 is 5.18. The maximum atomic E-state index is 11.9. The molecule has 2 heterocycles. The van der Waals surface area contributed by atoms with Crippen LogP contribution in [0.5, 0.6) is 0 Å². The van der Waals surface area contributed by atoms with Crippen molar-refractivity contribution in [2.45, 2.75) is 20.8 Å². The van der Waals surface area contributed by atoms with Gasteiger partial charge in [-0.1, -0.05) is 31.3 Å². The molecule has 0 aliphatic carbocycles. The summed E-state index contributed by atoms with van der Waals surface area (Å²) >= 11 is 2.48. The molecular formula is C14H16N2O3S2.